The van der Waals surface area contributed by atoms with Crippen molar-refractivity contribution in [2.45, 2.75) is 6.04 Å². The number of aliphatic carboxylic acids is 1. The predicted octanol–water partition coefficient (Wildman–Crippen LogP) is -2.02. The van der Waals surface area contributed by atoms with Gasteiger partial charge in [0, 0.05) is 19.1 Å². The van der Waals surface area contributed by atoms with E-state index in [0.717, 1.165) is 0 Å². The van der Waals surface area contributed by atoms with Crippen molar-refractivity contribution in [3.63, 3.8) is 0 Å². The molecule has 0 radical (unpaired) electrons. The predicted molar refractivity (Wildman–Crippen MR) is 52.0 cm³/mol. The molecule has 0 aromatic carbocycles. The Bertz CT molecular complexity index is 309. The normalized spacial score (nSPS) is 22.5. The summed E-state index contributed by atoms with van der Waals surface area (Å²) in [4.78, 5) is 10.2. The van der Waals surface area contributed by atoms with Crippen LogP contribution in [-0.2, 0) is 19.6 Å². The smallest absolute Gasteiger partial charge is 0.320 e. The van der Waals surface area contributed by atoms with Gasteiger partial charge in [-0.25, -0.2) is 13.1 Å². The quantitative estimate of drug-likeness (QED) is 0.510. The standard InChI is InChI=1S/C7H14N2O5S/c10-7(11)5-15(12,13)9-3-6-4-14-2-1-8-6/h6,8-9H,1-5H2,(H,10,11). The van der Waals surface area contributed by atoms with Crippen molar-refractivity contribution in [2.24, 2.45) is 0 Å². The van der Waals surface area contributed by atoms with Crippen LogP contribution in [0, 0.1) is 0 Å². The molecule has 0 spiro atoms. The van der Waals surface area contributed by atoms with E-state index in [-0.39, 0.29) is 12.6 Å². The first-order valence-corrected chi connectivity index (χ1v) is 6.15. The number of hydrogen-bond donors (Lipinski definition) is 3. The van der Waals surface area contributed by atoms with E-state index in [4.69, 9.17) is 9.84 Å². The van der Waals surface area contributed by atoms with Crippen LogP contribution in [0.2, 0.25) is 0 Å². The molecule has 0 aromatic heterocycles. The van der Waals surface area contributed by atoms with Gasteiger partial charge in [-0.3, -0.25) is 4.79 Å². The molecule has 1 fully saturated rings. The molecular formula is C7H14N2O5S. The van der Waals surface area contributed by atoms with Crippen LogP contribution >= 0.6 is 0 Å². The summed E-state index contributed by atoms with van der Waals surface area (Å²) >= 11 is 0. The van der Waals surface area contributed by atoms with E-state index in [1.54, 1.807) is 0 Å². The SMILES string of the molecule is O=C(O)CS(=O)(=O)NCC1COCCN1. The minimum Gasteiger partial charge on any atom is -0.480 e. The maximum absolute atomic E-state index is 11.1. The Labute approximate surface area is 87.9 Å². The molecular weight excluding hydrogens is 224 g/mol. The number of ether oxygens (including phenoxy) is 1. The molecule has 1 heterocycles. The van der Waals surface area contributed by atoms with Crippen molar-refractivity contribution >= 4 is 16.0 Å². The van der Waals surface area contributed by atoms with Gasteiger partial charge in [-0.2, -0.15) is 0 Å². The molecule has 15 heavy (non-hydrogen) atoms. The zero-order chi connectivity index (χ0) is 11.3. The Morgan fingerprint density at radius 1 is 1.60 bits per heavy atom. The highest BCUT2D eigenvalue weighted by molar-refractivity contribution is 7.90. The van der Waals surface area contributed by atoms with E-state index < -0.39 is 21.7 Å². The van der Waals surface area contributed by atoms with Crippen molar-refractivity contribution in [3.8, 4) is 0 Å². The maximum atomic E-state index is 11.1. The summed E-state index contributed by atoms with van der Waals surface area (Å²) in [7, 11) is -3.73. The van der Waals surface area contributed by atoms with Gasteiger partial charge in [-0.05, 0) is 0 Å². The minimum atomic E-state index is -3.73. The van der Waals surface area contributed by atoms with E-state index in [0.29, 0.717) is 19.8 Å². The first-order chi connectivity index (χ1) is 6.99. The molecule has 88 valence electrons. The molecule has 7 nitrogen and oxygen atoms in total. The van der Waals surface area contributed by atoms with E-state index >= 15 is 0 Å². The van der Waals surface area contributed by atoms with Crippen LogP contribution in [0.1, 0.15) is 0 Å². The average Bonchev–Trinajstić information content (AvgIpc) is 2.15. The minimum absolute atomic E-state index is 0.0951. The molecule has 1 saturated heterocycles. The van der Waals surface area contributed by atoms with Crippen LogP contribution in [0.3, 0.4) is 0 Å². The molecule has 0 aliphatic carbocycles. The molecule has 3 N–H and O–H groups in total. The molecule has 0 saturated carbocycles. The molecule has 0 aromatic rings. The van der Waals surface area contributed by atoms with Crippen LogP contribution in [0.4, 0.5) is 0 Å². The van der Waals surface area contributed by atoms with E-state index in [9.17, 15) is 13.2 Å². The third kappa shape index (κ3) is 5.07. The largest absolute Gasteiger partial charge is 0.480 e. The van der Waals surface area contributed by atoms with Gasteiger partial charge in [0.2, 0.25) is 10.0 Å². The topological polar surface area (TPSA) is 105 Å². The van der Waals surface area contributed by atoms with Crippen LogP contribution in [0.15, 0.2) is 0 Å². The van der Waals surface area contributed by atoms with Crippen LogP contribution in [0.25, 0.3) is 0 Å². The summed E-state index contributed by atoms with van der Waals surface area (Å²) in [6, 6.07) is -0.0951. The van der Waals surface area contributed by atoms with Crippen molar-refractivity contribution in [1.29, 1.82) is 0 Å². The Morgan fingerprint density at radius 2 is 2.33 bits per heavy atom. The van der Waals surface area contributed by atoms with Crippen LogP contribution in [-0.4, -0.2) is 57.6 Å². The van der Waals surface area contributed by atoms with Gasteiger partial charge in [0.1, 0.15) is 0 Å². The number of nitrogens with one attached hydrogen (secondary N) is 2. The number of morpholine rings is 1. The van der Waals surface area contributed by atoms with E-state index in [1.807, 2.05) is 0 Å². The molecule has 1 aliphatic rings. The summed E-state index contributed by atoms with van der Waals surface area (Å²) < 4.78 is 29.6. The lowest BCUT2D eigenvalue weighted by molar-refractivity contribution is -0.134. The fourth-order valence-electron chi connectivity index (χ4n) is 1.19. The molecule has 8 heteroatoms. The van der Waals surface area contributed by atoms with Crippen molar-refractivity contribution in [3.05, 3.63) is 0 Å². The molecule has 0 amide bonds. The number of hydrogen-bond acceptors (Lipinski definition) is 5. The maximum Gasteiger partial charge on any atom is 0.320 e. The van der Waals surface area contributed by atoms with Gasteiger partial charge in [0.15, 0.2) is 5.75 Å². The summed E-state index contributed by atoms with van der Waals surface area (Å²) in [5.41, 5.74) is 0. The van der Waals surface area contributed by atoms with Gasteiger partial charge >= 0.3 is 5.97 Å². The van der Waals surface area contributed by atoms with Crippen molar-refractivity contribution < 1.29 is 23.1 Å². The lowest BCUT2D eigenvalue weighted by atomic mass is 10.3. The van der Waals surface area contributed by atoms with Crippen molar-refractivity contribution in [1.82, 2.24) is 10.0 Å². The van der Waals surface area contributed by atoms with Crippen molar-refractivity contribution in [2.75, 3.05) is 32.1 Å². The second kappa shape index (κ2) is 5.40. The first kappa shape index (κ1) is 12.4. The summed E-state index contributed by atoms with van der Waals surface area (Å²) in [6.07, 6.45) is 0. The highest BCUT2D eigenvalue weighted by Gasteiger charge is 2.19. The second-order valence-corrected chi connectivity index (χ2v) is 5.03. The van der Waals surface area contributed by atoms with Crippen LogP contribution in [0.5, 0.6) is 0 Å². The molecule has 1 atom stereocenters. The Kier molecular flexibility index (Phi) is 4.45. The molecule has 1 unspecified atom stereocenters. The first-order valence-electron chi connectivity index (χ1n) is 4.50. The second-order valence-electron chi connectivity index (χ2n) is 3.23. The molecule has 0 bridgehead atoms. The summed E-state index contributed by atoms with van der Waals surface area (Å²) in [5.74, 6) is -2.27. The van der Waals surface area contributed by atoms with Crippen LogP contribution < -0.4 is 10.0 Å². The highest BCUT2D eigenvalue weighted by atomic mass is 32.2. The Morgan fingerprint density at radius 3 is 2.87 bits per heavy atom. The lowest BCUT2D eigenvalue weighted by Crippen LogP contribution is -2.48. The Balaban J connectivity index is 2.31. The zero-order valence-corrected chi connectivity index (χ0v) is 8.92. The summed E-state index contributed by atoms with van der Waals surface area (Å²) in [5, 5.41) is 11.4. The third-order valence-electron chi connectivity index (χ3n) is 1.86. The molecule has 1 aliphatic heterocycles. The number of sulfonamides is 1. The monoisotopic (exact) mass is 238 g/mol. The van der Waals surface area contributed by atoms with Gasteiger partial charge < -0.3 is 15.2 Å². The fraction of sp³-hybridized carbons (Fsp3) is 0.857. The lowest BCUT2D eigenvalue weighted by Gasteiger charge is -2.23. The van der Waals surface area contributed by atoms with Gasteiger partial charge in [-0.1, -0.05) is 0 Å². The zero-order valence-electron chi connectivity index (χ0n) is 8.10. The fourth-order valence-corrected chi connectivity index (χ4v) is 2.07. The van der Waals surface area contributed by atoms with Gasteiger partial charge in [0.25, 0.3) is 0 Å². The number of carbonyl (C=O) groups is 1. The molecule has 1 rings (SSSR count). The summed E-state index contributed by atoms with van der Waals surface area (Å²) in [6.45, 7) is 1.86. The van der Waals surface area contributed by atoms with E-state index in [2.05, 4.69) is 10.0 Å². The number of carboxylic acid groups (broad SMARTS) is 1. The third-order valence-corrected chi connectivity index (χ3v) is 3.10. The van der Waals surface area contributed by atoms with Gasteiger partial charge in [0.05, 0.1) is 13.2 Å². The van der Waals surface area contributed by atoms with E-state index in [1.165, 1.54) is 0 Å². The average molecular weight is 238 g/mol. The number of carboxylic acids is 1. The van der Waals surface area contributed by atoms with Gasteiger partial charge in [-0.15, -0.1) is 0 Å². The number of rotatable bonds is 5. The highest BCUT2D eigenvalue weighted by Crippen LogP contribution is 1.93. The Hall–Kier alpha value is -0.700.